The van der Waals surface area contributed by atoms with Gasteiger partial charge in [0.1, 0.15) is 5.75 Å². The molecule has 3 aromatic rings. The zero-order valence-electron chi connectivity index (χ0n) is 19.4. The van der Waals surface area contributed by atoms with Crippen molar-refractivity contribution in [1.82, 2.24) is 4.90 Å². The van der Waals surface area contributed by atoms with Crippen molar-refractivity contribution >= 4 is 17.5 Å². The van der Waals surface area contributed by atoms with Gasteiger partial charge >= 0.3 is 0 Å². The van der Waals surface area contributed by atoms with Crippen LogP contribution in [0.1, 0.15) is 51.3 Å². The van der Waals surface area contributed by atoms with Gasteiger partial charge < -0.3 is 15.8 Å². The molecule has 33 heavy (non-hydrogen) atoms. The largest absolute Gasteiger partial charge is 0.497 e. The summed E-state index contributed by atoms with van der Waals surface area (Å²) >= 11 is 0. The first-order valence-corrected chi connectivity index (χ1v) is 11.1. The van der Waals surface area contributed by atoms with E-state index in [2.05, 4.69) is 36.2 Å². The Bertz CT molecular complexity index is 1120. The first-order valence-electron chi connectivity index (χ1n) is 11.1. The fourth-order valence-corrected chi connectivity index (χ4v) is 3.85. The van der Waals surface area contributed by atoms with Gasteiger partial charge in [0.2, 0.25) is 5.91 Å². The van der Waals surface area contributed by atoms with Crippen molar-refractivity contribution in [1.29, 1.82) is 0 Å². The van der Waals surface area contributed by atoms with Gasteiger partial charge in [0, 0.05) is 29.8 Å². The summed E-state index contributed by atoms with van der Waals surface area (Å²) in [6, 6.07) is 20.3. The number of nitrogens with two attached hydrogens (primary N) is 1. The topological polar surface area (TPSA) is 84.7 Å². The Morgan fingerprint density at radius 3 is 2.30 bits per heavy atom. The lowest BCUT2D eigenvalue weighted by molar-refractivity contribution is 0.0995. The highest BCUT2D eigenvalue weighted by Gasteiger charge is 2.18. The van der Waals surface area contributed by atoms with Gasteiger partial charge in [0.05, 0.1) is 7.11 Å². The zero-order valence-corrected chi connectivity index (χ0v) is 19.4. The highest BCUT2D eigenvalue weighted by atomic mass is 16.5. The fraction of sp³-hybridized carbons (Fsp3) is 0.259. The number of primary amides is 1. The Hall–Kier alpha value is -3.64. The Morgan fingerprint density at radius 2 is 1.64 bits per heavy atom. The number of nitrogens with one attached hydrogen (secondary N) is 1. The molecule has 6 nitrogen and oxygen atoms in total. The molecule has 6 heteroatoms. The minimum absolute atomic E-state index is 0.284. The molecule has 0 atom stereocenters. The number of amides is 2. The summed E-state index contributed by atoms with van der Waals surface area (Å²) in [5, 5.41) is 2.96. The minimum Gasteiger partial charge on any atom is -0.497 e. The molecule has 0 aromatic heterocycles. The normalized spacial score (nSPS) is 10.8. The monoisotopic (exact) mass is 445 g/mol. The van der Waals surface area contributed by atoms with E-state index < -0.39 is 5.91 Å². The number of hydrogen-bond acceptors (Lipinski definition) is 4. The molecule has 0 aliphatic heterocycles. The fourth-order valence-electron chi connectivity index (χ4n) is 3.85. The second-order valence-corrected chi connectivity index (χ2v) is 7.79. The third-order valence-electron chi connectivity index (χ3n) is 5.80. The van der Waals surface area contributed by atoms with Crippen molar-refractivity contribution in [2.24, 2.45) is 5.73 Å². The van der Waals surface area contributed by atoms with Crippen LogP contribution in [0.3, 0.4) is 0 Å². The Kier molecular flexibility index (Phi) is 8.22. The second kappa shape index (κ2) is 11.3. The molecule has 172 valence electrons. The zero-order chi connectivity index (χ0) is 23.8. The molecule has 3 aromatic carbocycles. The molecule has 0 bridgehead atoms. The number of methoxy groups -OCH3 is 1. The molecule has 0 radical (unpaired) electrons. The van der Waals surface area contributed by atoms with Gasteiger partial charge in [-0.15, -0.1) is 0 Å². The minimum atomic E-state index is -0.524. The molecular weight excluding hydrogens is 414 g/mol. The number of nitrogens with zero attached hydrogens (tertiary/aromatic N) is 1. The average molecular weight is 446 g/mol. The van der Waals surface area contributed by atoms with Crippen LogP contribution < -0.4 is 15.8 Å². The summed E-state index contributed by atoms with van der Waals surface area (Å²) in [4.78, 5) is 27.5. The van der Waals surface area contributed by atoms with E-state index in [1.165, 1.54) is 5.56 Å². The van der Waals surface area contributed by atoms with Crippen LogP contribution in [0.4, 0.5) is 5.69 Å². The van der Waals surface area contributed by atoms with E-state index in [4.69, 9.17) is 10.5 Å². The third-order valence-corrected chi connectivity index (χ3v) is 5.80. The van der Waals surface area contributed by atoms with Crippen LogP contribution in [0.15, 0.2) is 66.7 Å². The number of carbonyl (C=O) groups excluding carboxylic acids is 2. The maximum Gasteiger partial charge on any atom is 0.255 e. The highest BCUT2D eigenvalue weighted by molar-refractivity contribution is 6.06. The van der Waals surface area contributed by atoms with E-state index in [0.717, 1.165) is 25.2 Å². The first-order chi connectivity index (χ1) is 16.0. The Morgan fingerprint density at radius 1 is 0.939 bits per heavy atom. The van der Waals surface area contributed by atoms with Crippen molar-refractivity contribution < 1.29 is 14.3 Å². The number of anilines is 1. The van der Waals surface area contributed by atoms with Crippen molar-refractivity contribution in [3.63, 3.8) is 0 Å². The summed E-state index contributed by atoms with van der Waals surface area (Å²) in [7, 11) is 1.56. The van der Waals surface area contributed by atoms with E-state index in [9.17, 15) is 9.59 Å². The summed E-state index contributed by atoms with van der Waals surface area (Å²) < 4.78 is 5.23. The highest BCUT2D eigenvalue weighted by Crippen LogP contribution is 2.26. The van der Waals surface area contributed by atoms with Crippen LogP contribution in [-0.2, 0) is 13.0 Å². The van der Waals surface area contributed by atoms with Crippen LogP contribution in [0.5, 0.6) is 5.75 Å². The lowest BCUT2D eigenvalue weighted by atomic mass is 9.94. The van der Waals surface area contributed by atoms with Crippen molar-refractivity contribution in [3.05, 3.63) is 94.5 Å². The summed E-state index contributed by atoms with van der Waals surface area (Å²) in [6.07, 6.45) is 0.476. The van der Waals surface area contributed by atoms with Gasteiger partial charge in [-0.05, 0) is 60.1 Å². The van der Waals surface area contributed by atoms with Crippen LogP contribution in [0, 0.1) is 0 Å². The van der Waals surface area contributed by atoms with Gasteiger partial charge in [-0.25, -0.2) is 0 Å². The molecular formula is C27H31N3O3. The lowest BCUT2D eigenvalue weighted by Crippen LogP contribution is -2.23. The molecule has 0 aliphatic carbocycles. The van der Waals surface area contributed by atoms with E-state index in [1.54, 1.807) is 49.6 Å². The summed E-state index contributed by atoms with van der Waals surface area (Å²) in [6.45, 7) is 6.99. The van der Waals surface area contributed by atoms with E-state index in [0.29, 0.717) is 34.5 Å². The van der Waals surface area contributed by atoms with Crippen LogP contribution in [0.2, 0.25) is 0 Å². The van der Waals surface area contributed by atoms with Crippen LogP contribution >= 0.6 is 0 Å². The Balaban J connectivity index is 1.97. The van der Waals surface area contributed by atoms with Gasteiger partial charge in [-0.1, -0.05) is 50.2 Å². The Labute approximate surface area is 195 Å². The molecule has 0 saturated heterocycles. The van der Waals surface area contributed by atoms with E-state index in [-0.39, 0.29) is 5.91 Å². The standard InChI is InChI=1S/C27H31N3O3/c1-4-30(5-2)18-21-11-7-6-10-19(21)17-24-23(26(28)31)14-9-15-25(24)29-27(32)20-12-8-13-22(16-20)33-3/h6-16H,4-5,17-18H2,1-3H3,(H2,28,31)(H,29,32). The van der Waals surface area contributed by atoms with Gasteiger partial charge in [-0.3, -0.25) is 14.5 Å². The predicted octanol–water partition coefficient (Wildman–Crippen LogP) is 4.48. The molecule has 3 N–H and O–H groups in total. The number of hydrogen-bond donors (Lipinski definition) is 2. The molecule has 3 rings (SSSR count). The average Bonchev–Trinajstić information content (AvgIpc) is 2.84. The molecule has 0 spiro atoms. The van der Waals surface area contributed by atoms with Crippen molar-refractivity contribution in [2.75, 3.05) is 25.5 Å². The van der Waals surface area contributed by atoms with E-state index >= 15 is 0 Å². The van der Waals surface area contributed by atoms with Crippen LogP contribution in [-0.4, -0.2) is 36.9 Å². The van der Waals surface area contributed by atoms with Crippen molar-refractivity contribution in [3.8, 4) is 5.75 Å². The first kappa shape index (κ1) is 24.0. The van der Waals surface area contributed by atoms with Gasteiger partial charge in [0.25, 0.3) is 5.91 Å². The smallest absolute Gasteiger partial charge is 0.255 e. The molecule has 0 heterocycles. The van der Waals surface area contributed by atoms with E-state index in [1.807, 2.05) is 12.1 Å². The number of rotatable bonds is 10. The summed E-state index contributed by atoms with van der Waals surface area (Å²) in [5.41, 5.74) is 10.1. The maximum absolute atomic E-state index is 13.0. The SMILES string of the molecule is CCN(CC)Cc1ccccc1Cc1c(NC(=O)c2cccc(OC)c2)cccc1C(N)=O. The number of ether oxygens (including phenoxy) is 1. The van der Waals surface area contributed by atoms with Gasteiger partial charge in [0.15, 0.2) is 0 Å². The molecule has 0 fully saturated rings. The number of carbonyl (C=O) groups is 2. The molecule has 0 unspecified atom stereocenters. The molecule has 0 aliphatic rings. The van der Waals surface area contributed by atoms with Gasteiger partial charge in [-0.2, -0.15) is 0 Å². The number of benzene rings is 3. The summed E-state index contributed by atoms with van der Waals surface area (Å²) in [5.74, 6) is -0.212. The molecule has 2 amide bonds. The maximum atomic E-state index is 13.0. The lowest BCUT2D eigenvalue weighted by Gasteiger charge is -2.21. The third kappa shape index (κ3) is 5.99. The molecule has 0 saturated carbocycles. The second-order valence-electron chi connectivity index (χ2n) is 7.79. The quantitative estimate of drug-likeness (QED) is 0.482. The van der Waals surface area contributed by atoms with Crippen molar-refractivity contribution in [2.45, 2.75) is 26.8 Å². The predicted molar refractivity (Wildman–Crippen MR) is 132 cm³/mol. The van der Waals surface area contributed by atoms with Crippen LogP contribution in [0.25, 0.3) is 0 Å².